The van der Waals surface area contributed by atoms with Gasteiger partial charge in [-0.05, 0) is 18.2 Å². The summed E-state index contributed by atoms with van der Waals surface area (Å²) in [6.07, 6.45) is 1.47. The molecule has 5 nitrogen and oxygen atoms in total. The second-order valence-electron chi connectivity index (χ2n) is 3.98. The summed E-state index contributed by atoms with van der Waals surface area (Å²) in [7, 11) is -3.25. The Bertz CT molecular complexity index is 565. The van der Waals surface area contributed by atoms with E-state index in [1.54, 1.807) is 30.3 Å². The van der Waals surface area contributed by atoms with Gasteiger partial charge >= 0.3 is 0 Å². The smallest absolute Gasteiger partial charge is 0.253 e. The van der Waals surface area contributed by atoms with Gasteiger partial charge in [-0.3, -0.25) is 4.79 Å². The van der Waals surface area contributed by atoms with Crippen molar-refractivity contribution in [2.24, 2.45) is 0 Å². The maximum Gasteiger partial charge on any atom is 0.253 e. The van der Waals surface area contributed by atoms with Crippen molar-refractivity contribution in [2.45, 2.75) is 6.04 Å². The predicted octanol–water partition coefficient (Wildman–Crippen LogP) is 0.323. The molecule has 1 aromatic carbocycles. The van der Waals surface area contributed by atoms with Crippen LogP contribution in [-0.4, -0.2) is 37.8 Å². The molecule has 0 aliphatic carbocycles. The van der Waals surface area contributed by atoms with Gasteiger partial charge in [-0.2, -0.15) is 0 Å². The van der Waals surface area contributed by atoms with Crippen LogP contribution >= 0.6 is 0 Å². The molecule has 1 atom stereocenters. The van der Waals surface area contributed by atoms with Gasteiger partial charge in [-0.25, -0.2) is 8.42 Å². The van der Waals surface area contributed by atoms with Crippen molar-refractivity contribution in [1.29, 1.82) is 0 Å². The molecule has 0 spiro atoms. The van der Waals surface area contributed by atoms with E-state index in [1.165, 1.54) is 11.0 Å². The SMILES string of the molecule is O=C(CO)N(c1ccccc1)C1C=CS(=O)(=O)C1. The molecule has 0 saturated carbocycles. The lowest BCUT2D eigenvalue weighted by atomic mass is 10.2. The van der Waals surface area contributed by atoms with Crippen LogP contribution in [0.4, 0.5) is 5.69 Å². The van der Waals surface area contributed by atoms with E-state index >= 15 is 0 Å². The monoisotopic (exact) mass is 267 g/mol. The number of hydrogen-bond acceptors (Lipinski definition) is 4. The van der Waals surface area contributed by atoms with E-state index in [2.05, 4.69) is 0 Å². The Labute approximate surface area is 105 Å². The lowest BCUT2D eigenvalue weighted by molar-refractivity contribution is -0.121. The number of aliphatic hydroxyl groups is 1. The highest BCUT2D eigenvalue weighted by Crippen LogP contribution is 2.22. The third kappa shape index (κ3) is 2.60. The molecule has 1 unspecified atom stereocenters. The van der Waals surface area contributed by atoms with E-state index in [-0.39, 0.29) is 5.75 Å². The fraction of sp³-hybridized carbons (Fsp3) is 0.250. The minimum Gasteiger partial charge on any atom is -0.387 e. The molecule has 18 heavy (non-hydrogen) atoms. The summed E-state index contributed by atoms with van der Waals surface area (Å²) in [6.45, 7) is -0.653. The van der Waals surface area contributed by atoms with E-state index in [0.29, 0.717) is 5.69 Å². The van der Waals surface area contributed by atoms with Gasteiger partial charge in [0.1, 0.15) is 6.61 Å². The Kier molecular flexibility index (Phi) is 3.49. The predicted molar refractivity (Wildman–Crippen MR) is 67.7 cm³/mol. The fourth-order valence-corrected chi connectivity index (χ4v) is 3.17. The topological polar surface area (TPSA) is 74.7 Å². The van der Waals surface area contributed by atoms with Crippen LogP contribution in [0.3, 0.4) is 0 Å². The van der Waals surface area contributed by atoms with Gasteiger partial charge in [0, 0.05) is 11.1 Å². The van der Waals surface area contributed by atoms with Crippen LogP contribution in [0.15, 0.2) is 41.8 Å². The first-order valence-corrected chi connectivity index (χ1v) is 7.14. The summed E-state index contributed by atoms with van der Waals surface area (Å²) in [6, 6.07) is 8.14. The Morgan fingerprint density at radius 1 is 1.33 bits per heavy atom. The fourth-order valence-electron chi connectivity index (χ4n) is 1.91. The molecule has 1 aliphatic heterocycles. The molecule has 1 heterocycles. The van der Waals surface area contributed by atoms with Gasteiger partial charge < -0.3 is 10.0 Å². The van der Waals surface area contributed by atoms with Crippen LogP contribution in [-0.2, 0) is 14.6 Å². The quantitative estimate of drug-likeness (QED) is 0.856. The Balaban J connectivity index is 2.34. The highest BCUT2D eigenvalue weighted by atomic mass is 32.2. The highest BCUT2D eigenvalue weighted by molar-refractivity contribution is 7.94. The number of carbonyl (C=O) groups excluding carboxylic acids is 1. The Morgan fingerprint density at radius 2 is 2.00 bits per heavy atom. The number of carbonyl (C=O) groups is 1. The summed E-state index contributed by atoms with van der Waals surface area (Å²) in [4.78, 5) is 13.1. The van der Waals surface area contributed by atoms with Crippen LogP contribution in [0.25, 0.3) is 0 Å². The first-order chi connectivity index (χ1) is 8.53. The van der Waals surface area contributed by atoms with Crippen molar-refractivity contribution in [1.82, 2.24) is 0 Å². The number of para-hydroxylation sites is 1. The maximum absolute atomic E-state index is 11.8. The number of benzene rings is 1. The second kappa shape index (κ2) is 4.91. The van der Waals surface area contributed by atoms with Crippen molar-refractivity contribution in [2.75, 3.05) is 17.3 Å². The first kappa shape index (κ1) is 12.8. The molecule has 0 aromatic heterocycles. The minimum absolute atomic E-state index is 0.145. The molecular formula is C12H13NO4S. The molecule has 6 heteroatoms. The van der Waals surface area contributed by atoms with Gasteiger partial charge in [-0.15, -0.1) is 0 Å². The number of anilines is 1. The number of sulfone groups is 1. The van der Waals surface area contributed by atoms with Crippen LogP contribution in [0.1, 0.15) is 0 Å². The largest absolute Gasteiger partial charge is 0.387 e. The van der Waals surface area contributed by atoms with Crippen LogP contribution < -0.4 is 4.90 Å². The van der Waals surface area contributed by atoms with Crippen LogP contribution in [0, 0.1) is 0 Å². The number of aliphatic hydroxyl groups excluding tert-OH is 1. The lowest BCUT2D eigenvalue weighted by Crippen LogP contribution is -2.42. The highest BCUT2D eigenvalue weighted by Gasteiger charge is 2.30. The van der Waals surface area contributed by atoms with Gasteiger partial charge in [0.05, 0.1) is 11.8 Å². The molecule has 0 radical (unpaired) electrons. The normalized spacial score (nSPS) is 20.8. The third-order valence-electron chi connectivity index (χ3n) is 2.68. The van der Waals surface area contributed by atoms with Crippen molar-refractivity contribution in [3.8, 4) is 0 Å². The zero-order valence-corrected chi connectivity index (χ0v) is 10.4. The standard InChI is InChI=1S/C12H13NO4S/c14-8-12(15)13(10-4-2-1-3-5-10)11-6-7-18(16,17)9-11/h1-7,11,14H,8-9H2. The summed E-state index contributed by atoms with van der Waals surface area (Å²) < 4.78 is 22.8. The molecule has 1 aliphatic rings. The van der Waals surface area contributed by atoms with Crippen molar-refractivity contribution in [3.05, 3.63) is 41.8 Å². The third-order valence-corrected chi connectivity index (χ3v) is 4.06. The van der Waals surface area contributed by atoms with Crippen LogP contribution in [0.5, 0.6) is 0 Å². The van der Waals surface area contributed by atoms with E-state index in [9.17, 15) is 13.2 Å². The molecule has 1 aromatic rings. The van der Waals surface area contributed by atoms with Crippen molar-refractivity contribution in [3.63, 3.8) is 0 Å². The van der Waals surface area contributed by atoms with E-state index in [0.717, 1.165) is 5.41 Å². The average molecular weight is 267 g/mol. The molecule has 96 valence electrons. The second-order valence-corrected chi connectivity index (χ2v) is 5.91. The number of amides is 1. The molecule has 1 N–H and O–H groups in total. The minimum atomic E-state index is -3.25. The molecule has 1 amide bonds. The Morgan fingerprint density at radius 3 is 2.50 bits per heavy atom. The number of hydrogen-bond donors (Lipinski definition) is 1. The molecule has 0 bridgehead atoms. The maximum atomic E-state index is 11.8. The van der Waals surface area contributed by atoms with Gasteiger partial charge in [0.2, 0.25) is 0 Å². The molecular weight excluding hydrogens is 254 g/mol. The summed E-state index contributed by atoms with van der Waals surface area (Å²) in [5.41, 5.74) is 0.573. The van der Waals surface area contributed by atoms with E-state index in [4.69, 9.17) is 5.11 Å². The zero-order chi connectivity index (χ0) is 13.2. The average Bonchev–Trinajstić information content (AvgIpc) is 2.71. The van der Waals surface area contributed by atoms with Crippen molar-refractivity contribution >= 4 is 21.4 Å². The lowest BCUT2D eigenvalue weighted by Gasteiger charge is -2.26. The summed E-state index contributed by atoms with van der Waals surface area (Å²) in [5, 5.41) is 10.1. The number of rotatable bonds is 3. The summed E-state index contributed by atoms with van der Waals surface area (Å²) in [5.74, 6) is -0.666. The van der Waals surface area contributed by atoms with Crippen LogP contribution in [0.2, 0.25) is 0 Å². The summed E-state index contributed by atoms with van der Waals surface area (Å²) >= 11 is 0. The number of nitrogens with zero attached hydrogens (tertiary/aromatic N) is 1. The zero-order valence-electron chi connectivity index (χ0n) is 9.56. The van der Waals surface area contributed by atoms with E-state index < -0.39 is 28.4 Å². The molecule has 0 fully saturated rings. The first-order valence-electron chi connectivity index (χ1n) is 5.42. The molecule has 2 rings (SSSR count). The van der Waals surface area contributed by atoms with Crippen molar-refractivity contribution < 1.29 is 18.3 Å². The van der Waals surface area contributed by atoms with Gasteiger partial charge in [0.25, 0.3) is 5.91 Å². The van der Waals surface area contributed by atoms with E-state index in [1.807, 2.05) is 0 Å². The molecule has 0 saturated heterocycles. The Hall–Kier alpha value is -1.66. The van der Waals surface area contributed by atoms with Gasteiger partial charge in [-0.1, -0.05) is 18.2 Å². The van der Waals surface area contributed by atoms with Gasteiger partial charge in [0.15, 0.2) is 9.84 Å².